The SMILES string of the molecule is [B]Cc1c([B])c(C[B])c(C(=O)OC(CS(=O)(=O)O)C(F)(F)F)c(C[B])c1[B]. The summed E-state index contributed by atoms with van der Waals surface area (Å²) in [4.78, 5) is 12.4. The molecule has 14 heteroatoms. The van der Waals surface area contributed by atoms with Crippen molar-refractivity contribution in [3.63, 3.8) is 0 Å². The summed E-state index contributed by atoms with van der Waals surface area (Å²) >= 11 is 0. The second-order valence-electron chi connectivity index (χ2n) is 5.43. The summed E-state index contributed by atoms with van der Waals surface area (Å²) in [5.41, 5.74) is -0.708. The number of rotatable bonds is 7. The van der Waals surface area contributed by atoms with Crippen molar-refractivity contribution in [2.75, 3.05) is 5.75 Å². The minimum absolute atomic E-state index is 0.0946. The van der Waals surface area contributed by atoms with Gasteiger partial charge in [-0.1, -0.05) is 35.4 Å². The molecule has 0 aliphatic heterocycles. The molecule has 0 aliphatic carbocycles. The van der Waals surface area contributed by atoms with Crippen LogP contribution < -0.4 is 10.9 Å². The van der Waals surface area contributed by atoms with Gasteiger partial charge in [-0.2, -0.15) is 21.6 Å². The van der Waals surface area contributed by atoms with E-state index in [2.05, 4.69) is 4.74 Å². The van der Waals surface area contributed by atoms with Gasteiger partial charge in [0.2, 0.25) is 6.10 Å². The molecule has 0 aliphatic rings. The third kappa shape index (κ3) is 5.60. The summed E-state index contributed by atoms with van der Waals surface area (Å²) in [7, 11) is 23.2. The van der Waals surface area contributed by atoms with E-state index in [1.54, 1.807) is 0 Å². The second kappa shape index (κ2) is 8.81. The number of ether oxygens (including phenoxy) is 1. The summed E-state index contributed by atoms with van der Waals surface area (Å²) in [5.74, 6) is -3.48. The Balaban J connectivity index is 3.53. The van der Waals surface area contributed by atoms with Gasteiger partial charge >= 0.3 is 12.1 Å². The summed E-state index contributed by atoms with van der Waals surface area (Å²) in [6.45, 7) is 0. The van der Waals surface area contributed by atoms with Gasteiger partial charge in [0, 0.05) is 0 Å². The van der Waals surface area contributed by atoms with E-state index in [1.165, 1.54) is 0 Å². The van der Waals surface area contributed by atoms with E-state index in [0.29, 0.717) is 0 Å². The highest BCUT2D eigenvalue weighted by Crippen LogP contribution is 2.26. The second-order valence-corrected chi connectivity index (χ2v) is 6.93. The third-order valence-electron chi connectivity index (χ3n) is 3.70. The Labute approximate surface area is 161 Å². The Hall–Kier alpha value is -1.29. The molecule has 10 radical (unpaired) electrons. The highest BCUT2D eigenvalue weighted by atomic mass is 32.2. The van der Waals surface area contributed by atoms with Crippen LogP contribution in [0.2, 0.25) is 0 Å². The van der Waals surface area contributed by atoms with E-state index in [9.17, 15) is 26.4 Å². The Kier molecular flexibility index (Phi) is 7.75. The molecule has 1 N–H and O–H groups in total. The van der Waals surface area contributed by atoms with Gasteiger partial charge in [-0.05, 0) is 11.1 Å². The minimum atomic E-state index is -5.27. The molecule has 0 heterocycles. The number of halogens is 3. The maximum Gasteiger partial charge on any atom is 0.426 e. The summed E-state index contributed by atoms with van der Waals surface area (Å²) < 4.78 is 73.6. The Morgan fingerprint density at radius 2 is 1.41 bits per heavy atom. The smallest absolute Gasteiger partial charge is 0.426 e. The molecule has 0 amide bonds. The first-order chi connectivity index (χ1) is 12.3. The number of carbonyl (C=O) groups excluding carboxylic acids is 1. The lowest BCUT2D eigenvalue weighted by molar-refractivity contribution is -0.197. The van der Waals surface area contributed by atoms with Crippen molar-refractivity contribution in [3.8, 4) is 0 Å². The maximum atomic E-state index is 13.0. The number of hydrogen-bond acceptors (Lipinski definition) is 4. The molecule has 0 aromatic heterocycles. The van der Waals surface area contributed by atoms with Crippen molar-refractivity contribution in [2.45, 2.75) is 31.2 Å². The van der Waals surface area contributed by atoms with Gasteiger partial charge < -0.3 is 4.74 Å². The van der Waals surface area contributed by atoms with Crippen LogP contribution >= 0.6 is 0 Å². The van der Waals surface area contributed by atoms with Crippen molar-refractivity contribution in [3.05, 3.63) is 22.3 Å². The van der Waals surface area contributed by atoms with Crippen LogP contribution in [0.4, 0.5) is 13.2 Å². The lowest BCUT2D eigenvalue weighted by Gasteiger charge is -2.25. The lowest BCUT2D eigenvalue weighted by atomic mass is 9.66. The van der Waals surface area contributed by atoms with Crippen molar-refractivity contribution in [1.29, 1.82) is 0 Å². The van der Waals surface area contributed by atoms with Gasteiger partial charge in [-0.3, -0.25) is 4.55 Å². The van der Waals surface area contributed by atoms with Crippen molar-refractivity contribution < 1.29 is 35.7 Å². The molecule has 1 unspecified atom stereocenters. The molecule has 0 saturated carbocycles. The Morgan fingerprint density at radius 3 is 1.70 bits per heavy atom. The molecular weight excluding hydrogens is 379 g/mol. The standard InChI is InChI=1S/C13H10B5F3O5S/c14-1-5-9(6(2-15)11(18)7(3-16)10(5)17)12(22)26-8(13(19,20)21)4-27(23,24)25/h8H,1-4H2,(H,23,24,25). The lowest BCUT2D eigenvalue weighted by Crippen LogP contribution is -2.41. The average molecular weight is 389 g/mol. The van der Waals surface area contributed by atoms with Crippen LogP contribution in [0, 0.1) is 0 Å². The number of alkyl halides is 3. The Morgan fingerprint density at radius 1 is 1.00 bits per heavy atom. The van der Waals surface area contributed by atoms with Crippen LogP contribution in [-0.4, -0.2) is 76.2 Å². The zero-order valence-corrected chi connectivity index (χ0v) is 14.7. The van der Waals surface area contributed by atoms with Crippen molar-refractivity contribution in [1.82, 2.24) is 0 Å². The fraction of sp³-hybridized carbons (Fsp3) is 0.462. The van der Waals surface area contributed by atoms with Gasteiger partial charge in [-0.15, -0.1) is 0 Å². The molecule has 134 valence electrons. The molecular formula is C13H10B5F3O5S. The van der Waals surface area contributed by atoms with Crippen LogP contribution in [0.25, 0.3) is 0 Å². The first-order valence-electron chi connectivity index (χ1n) is 7.33. The summed E-state index contributed by atoms with van der Waals surface area (Å²) in [6.07, 6.45) is -9.32. The number of benzene rings is 1. The topological polar surface area (TPSA) is 80.7 Å². The number of esters is 1. The molecule has 0 bridgehead atoms. The molecule has 1 aromatic carbocycles. The predicted molar refractivity (Wildman–Crippen MR) is 97.3 cm³/mol. The highest BCUT2D eigenvalue weighted by Gasteiger charge is 2.46. The van der Waals surface area contributed by atoms with E-state index in [-0.39, 0.29) is 46.6 Å². The van der Waals surface area contributed by atoms with Gasteiger partial charge in [0.25, 0.3) is 10.1 Å². The van der Waals surface area contributed by atoms with Gasteiger partial charge in [0.05, 0.1) is 29.1 Å². The quantitative estimate of drug-likeness (QED) is 0.340. The maximum absolute atomic E-state index is 13.0. The van der Waals surface area contributed by atoms with Crippen LogP contribution in [-0.2, 0) is 33.8 Å². The Bertz CT molecular complexity index is 798. The fourth-order valence-electron chi connectivity index (χ4n) is 2.43. The monoisotopic (exact) mass is 390 g/mol. The first kappa shape index (κ1) is 23.8. The summed E-state index contributed by atoms with van der Waals surface area (Å²) in [6, 6.07) is 0. The van der Waals surface area contributed by atoms with Crippen LogP contribution in [0.3, 0.4) is 0 Å². The van der Waals surface area contributed by atoms with E-state index in [4.69, 9.17) is 43.8 Å². The predicted octanol–water partition coefficient (Wildman–Crippen LogP) is -1.74. The van der Waals surface area contributed by atoms with Crippen molar-refractivity contribution in [2.24, 2.45) is 0 Å². The molecule has 0 spiro atoms. The molecule has 1 rings (SSSR count). The molecule has 27 heavy (non-hydrogen) atoms. The molecule has 0 fully saturated rings. The van der Waals surface area contributed by atoms with Gasteiger partial charge in [-0.25, -0.2) is 4.79 Å². The van der Waals surface area contributed by atoms with E-state index >= 15 is 0 Å². The van der Waals surface area contributed by atoms with Crippen LogP contribution in [0.5, 0.6) is 0 Å². The van der Waals surface area contributed by atoms with E-state index in [0.717, 1.165) is 0 Å². The zero-order chi connectivity index (χ0) is 21.2. The largest absolute Gasteiger partial charge is 0.448 e. The zero-order valence-electron chi connectivity index (χ0n) is 13.9. The molecule has 0 saturated heterocycles. The number of carbonyl (C=O) groups is 1. The molecule has 5 nitrogen and oxygen atoms in total. The molecule has 1 aromatic rings. The average Bonchev–Trinajstić information content (AvgIpc) is 2.52. The van der Waals surface area contributed by atoms with Gasteiger partial charge in [0.1, 0.15) is 21.4 Å². The number of hydrogen-bond donors (Lipinski definition) is 1. The normalized spacial score (nSPS) is 13.3. The van der Waals surface area contributed by atoms with E-state index < -0.39 is 39.7 Å². The van der Waals surface area contributed by atoms with Gasteiger partial charge in [0.15, 0.2) is 0 Å². The summed E-state index contributed by atoms with van der Waals surface area (Å²) in [5, 5.41) is 0. The minimum Gasteiger partial charge on any atom is -0.448 e. The van der Waals surface area contributed by atoms with Crippen LogP contribution in [0.15, 0.2) is 0 Å². The first-order valence-corrected chi connectivity index (χ1v) is 8.93. The van der Waals surface area contributed by atoms with Crippen LogP contribution in [0.1, 0.15) is 27.0 Å². The fourth-order valence-corrected chi connectivity index (χ4v) is 3.07. The third-order valence-corrected chi connectivity index (χ3v) is 4.42. The highest BCUT2D eigenvalue weighted by molar-refractivity contribution is 7.85. The van der Waals surface area contributed by atoms with Crippen molar-refractivity contribution >= 4 is 66.2 Å². The molecule has 1 atom stereocenters. The van der Waals surface area contributed by atoms with E-state index in [1.807, 2.05) is 0 Å².